The molecule has 6 unspecified atom stereocenters. The number of rotatable bonds is 25. The molecule has 1 heterocycles. The summed E-state index contributed by atoms with van der Waals surface area (Å²) in [6, 6.07) is 1.66. The summed E-state index contributed by atoms with van der Waals surface area (Å²) in [4.78, 5) is 88.9. The number of allylic oxidation sites excluding steroid dienone is 1. The topological polar surface area (TPSA) is 272 Å². The van der Waals surface area contributed by atoms with Gasteiger partial charge in [0.25, 0.3) is 17.7 Å². The number of aromatic hydroxyl groups is 1. The van der Waals surface area contributed by atoms with E-state index in [1.807, 2.05) is 0 Å². The highest BCUT2D eigenvalue weighted by atomic mass is 16.5. The molecule has 2 rings (SSSR count). The SMILES string of the molecule is CCC(OC(=O)C(CCCCN(O)C(=O)C=CCCCCCCCC(=O)O)NC(=O)C(NC(=O)c1ccccc1O)C(C)O)C(C)C(=O)NC1CCCCN(O)C1=O. The van der Waals surface area contributed by atoms with Crippen LogP contribution in [-0.4, -0.2) is 121 Å². The molecule has 8 N–H and O–H groups in total. The van der Waals surface area contributed by atoms with Crippen molar-refractivity contribution in [2.24, 2.45) is 5.92 Å². The van der Waals surface area contributed by atoms with Crippen LogP contribution in [0.25, 0.3) is 0 Å². The van der Waals surface area contributed by atoms with Gasteiger partial charge in [-0.3, -0.25) is 39.2 Å². The lowest BCUT2D eigenvalue weighted by Gasteiger charge is -2.28. The summed E-state index contributed by atoms with van der Waals surface area (Å²) in [6.45, 7) is 4.45. The van der Waals surface area contributed by atoms with Crippen molar-refractivity contribution in [3.05, 3.63) is 42.0 Å². The highest BCUT2D eigenvalue weighted by Gasteiger charge is 2.35. The fourth-order valence-corrected chi connectivity index (χ4v) is 6.26. The van der Waals surface area contributed by atoms with Gasteiger partial charge in [0, 0.05) is 25.6 Å². The van der Waals surface area contributed by atoms with E-state index in [2.05, 4.69) is 16.0 Å². The monoisotopic (exact) mass is 819 g/mol. The van der Waals surface area contributed by atoms with E-state index in [1.54, 1.807) is 13.0 Å². The van der Waals surface area contributed by atoms with Crippen molar-refractivity contribution in [2.75, 3.05) is 13.1 Å². The van der Waals surface area contributed by atoms with Gasteiger partial charge in [0.15, 0.2) is 0 Å². The highest BCUT2D eigenvalue weighted by molar-refractivity contribution is 6.00. The maximum atomic E-state index is 13.7. The molecular formula is C40H61N5O13. The van der Waals surface area contributed by atoms with Crippen LogP contribution in [0.4, 0.5) is 0 Å². The number of carboxylic acid groups (broad SMARTS) is 1. The molecule has 1 aliphatic heterocycles. The van der Waals surface area contributed by atoms with Crippen LogP contribution in [0.15, 0.2) is 36.4 Å². The molecule has 1 saturated heterocycles. The zero-order valence-electron chi connectivity index (χ0n) is 33.6. The van der Waals surface area contributed by atoms with Crippen molar-refractivity contribution in [1.82, 2.24) is 26.1 Å². The van der Waals surface area contributed by atoms with E-state index in [0.29, 0.717) is 42.2 Å². The Bertz CT molecular complexity index is 1550. The Labute approximate surface area is 338 Å². The molecular weight excluding hydrogens is 758 g/mol. The molecule has 18 nitrogen and oxygen atoms in total. The first kappa shape index (κ1) is 49.1. The van der Waals surface area contributed by atoms with Crippen LogP contribution in [0.3, 0.4) is 0 Å². The summed E-state index contributed by atoms with van der Waals surface area (Å²) in [6.07, 6.45) is 7.06. The molecule has 0 spiro atoms. The molecule has 0 aliphatic carbocycles. The molecule has 1 fully saturated rings. The number of hydrogen-bond acceptors (Lipinski definition) is 12. The lowest BCUT2D eigenvalue weighted by atomic mass is 10.00. The van der Waals surface area contributed by atoms with Crippen LogP contribution in [0, 0.1) is 5.92 Å². The number of para-hydroxylation sites is 1. The number of nitrogens with one attached hydrogen (secondary N) is 3. The van der Waals surface area contributed by atoms with E-state index >= 15 is 0 Å². The number of aliphatic hydroxyl groups is 1. The number of carbonyl (C=O) groups excluding carboxylic acids is 6. The molecule has 1 aromatic rings. The standard InChI is InChI=1S/C40H61N5O13/c1-4-32(26(2)36(51)41-29-19-14-17-25-45(57)39(29)54)58-40(55)30(42-38(53)35(27(3)46)43-37(52)28-18-12-13-21-31(28)47)20-15-16-24-44(56)33(48)22-10-8-6-5-7-9-11-23-34(49)50/h10,12-13,18,21-22,26-27,29-30,32,35,46-47,56-57H,4-9,11,14-17,19-20,23-25H2,1-3H3,(H,41,51)(H,42,53)(H,43,52)(H,49,50). The number of aliphatic hydroxyl groups excluding tert-OH is 1. The van der Waals surface area contributed by atoms with Crippen LogP contribution in [0.2, 0.25) is 0 Å². The number of carboxylic acids is 1. The molecule has 18 heteroatoms. The van der Waals surface area contributed by atoms with Gasteiger partial charge < -0.3 is 36.0 Å². The van der Waals surface area contributed by atoms with Crippen LogP contribution in [-0.2, 0) is 33.5 Å². The van der Waals surface area contributed by atoms with Crippen molar-refractivity contribution in [3.63, 3.8) is 0 Å². The number of carbonyl (C=O) groups is 7. The minimum absolute atomic E-state index is 0.0746. The van der Waals surface area contributed by atoms with E-state index in [4.69, 9.17) is 9.84 Å². The second-order valence-electron chi connectivity index (χ2n) is 14.5. The third-order valence-corrected chi connectivity index (χ3v) is 9.81. The Kier molecular flexibility index (Phi) is 22.0. The fraction of sp³-hybridized carbons (Fsp3) is 0.625. The summed E-state index contributed by atoms with van der Waals surface area (Å²) in [5, 5.41) is 58.1. The average Bonchev–Trinajstić information content (AvgIpc) is 3.34. The Morgan fingerprint density at radius 2 is 1.66 bits per heavy atom. The number of hydrogen-bond donors (Lipinski definition) is 8. The summed E-state index contributed by atoms with van der Waals surface area (Å²) >= 11 is 0. The van der Waals surface area contributed by atoms with Gasteiger partial charge in [-0.05, 0) is 83.3 Å². The van der Waals surface area contributed by atoms with Gasteiger partial charge in [0.1, 0.15) is 30.0 Å². The Hall–Kier alpha value is -5.07. The minimum Gasteiger partial charge on any atom is -0.507 e. The number of benzene rings is 1. The van der Waals surface area contributed by atoms with Crippen molar-refractivity contribution >= 4 is 41.5 Å². The fourth-order valence-electron chi connectivity index (χ4n) is 6.26. The van der Waals surface area contributed by atoms with E-state index < -0.39 is 77.7 Å². The van der Waals surface area contributed by atoms with E-state index in [-0.39, 0.29) is 56.5 Å². The lowest BCUT2D eigenvalue weighted by Crippen LogP contribution is -2.56. The molecule has 0 aromatic heterocycles. The van der Waals surface area contributed by atoms with Gasteiger partial charge in [0.2, 0.25) is 11.8 Å². The maximum absolute atomic E-state index is 13.7. The Morgan fingerprint density at radius 3 is 2.33 bits per heavy atom. The van der Waals surface area contributed by atoms with E-state index in [0.717, 1.165) is 25.7 Å². The molecule has 6 atom stereocenters. The van der Waals surface area contributed by atoms with Gasteiger partial charge in [0.05, 0.1) is 17.6 Å². The summed E-state index contributed by atoms with van der Waals surface area (Å²) in [5.74, 6) is -6.79. The van der Waals surface area contributed by atoms with Crippen LogP contribution in [0.1, 0.15) is 121 Å². The van der Waals surface area contributed by atoms with E-state index in [1.165, 1.54) is 44.2 Å². The highest BCUT2D eigenvalue weighted by Crippen LogP contribution is 2.19. The van der Waals surface area contributed by atoms with Crippen molar-refractivity contribution in [3.8, 4) is 5.75 Å². The first-order valence-electron chi connectivity index (χ1n) is 20.0. The molecule has 1 aromatic carbocycles. The molecule has 58 heavy (non-hydrogen) atoms. The smallest absolute Gasteiger partial charge is 0.328 e. The maximum Gasteiger partial charge on any atom is 0.328 e. The lowest BCUT2D eigenvalue weighted by molar-refractivity contribution is -0.167. The molecule has 324 valence electrons. The normalized spacial score (nSPS) is 17.0. The number of esters is 1. The number of amides is 5. The van der Waals surface area contributed by atoms with Crippen molar-refractivity contribution < 1.29 is 64.0 Å². The van der Waals surface area contributed by atoms with Gasteiger partial charge in [-0.25, -0.2) is 14.9 Å². The number of hydroxylamine groups is 4. The van der Waals surface area contributed by atoms with Crippen LogP contribution < -0.4 is 16.0 Å². The molecule has 5 amide bonds. The van der Waals surface area contributed by atoms with Gasteiger partial charge in [-0.15, -0.1) is 0 Å². The number of aliphatic carboxylic acids is 1. The summed E-state index contributed by atoms with van der Waals surface area (Å²) in [5.41, 5.74) is -0.157. The number of unbranched alkanes of at least 4 members (excludes halogenated alkanes) is 6. The molecule has 0 saturated carbocycles. The molecule has 0 bridgehead atoms. The first-order valence-corrected chi connectivity index (χ1v) is 20.0. The summed E-state index contributed by atoms with van der Waals surface area (Å²) in [7, 11) is 0. The van der Waals surface area contributed by atoms with Gasteiger partial charge in [-0.1, -0.05) is 51.3 Å². The molecule has 1 aliphatic rings. The molecule has 0 radical (unpaired) electrons. The number of phenols is 1. The quantitative estimate of drug-likeness (QED) is 0.0232. The Morgan fingerprint density at radius 1 is 0.966 bits per heavy atom. The Balaban J connectivity index is 2.09. The summed E-state index contributed by atoms with van der Waals surface area (Å²) < 4.78 is 5.74. The van der Waals surface area contributed by atoms with Crippen LogP contribution >= 0.6 is 0 Å². The van der Waals surface area contributed by atoms with Crippen molar-refractivity contribution in [2.45, 2.75) is 141 Å². The number of ether oxygens (including phenoxy) is 1. The second-order valence-corrected chi connectivity index (χ2v) is 14.5. The van der Waals surface area contributed by atoms with Gasteiger partial charge in [-0.2, -0.15) is 0 Å². The van der Waals surface area contributed by atoms with E-state index in [9.17, 15) is 54.2 Å². The van der Waals surface area contributed by atoms with Crippen molar-refractivity contribution in [1.29, 1.82) is 0 Å². The third kappa shape index (κ3) is 17.2. The van der Waals surface area contributed by atoms with Gasteiger partial charge >= 0.3 is 11.9 Å². The predicted molar refractivity (Wildman–Crippen MR) is 208 cm³/mol. The van der Waals surface area contributed by atoms with Crippen LogP contribution in [0.5, 0.6) is 5.75 Å². The second kappa shape index (κ2) is 26.0. The third-order valence-electron chi connectivity index (χ3n) is 9.81. The largest absolute Gasteiger partial charge is 0.507 e. The average molecular weight is 820 g/mol. The zero-order valence-corrected chi connectivity index (χ0v) is 33.6. The zero-order chi connectivity index (χ0) is 43.2. The first-order chi connectivity index (χ1) is 27.6. The number of phenolic OH excluding ortho intramolecular Hbond substituents is 1. The predicted octanol–water partition coefficient (Wildman–Crippen LogP) is 2.96. The minimum atomic E-state index is -1.58. The number of nitrogens with zero attached hydrogens (tertiary/aromatic N) is 2.